The zero-order chi connectivity index (χ0) is 30.1. The highest BCUT2D eigenvalue weighted by atomic mass is 32.1. The molecule has 1 aliphatic heterocycles. The first-order valence-electron chi connectivity index (χ1n) is 12.9. The number of fused-ring (bicyclic) bond motifs is 1. The van der Waals surface area contributed by atoms with Gasteiger partial charge >= 0.3 is 5.97 Å². The number of allylic oxidation sites excluding steroid dienone is 1. The fourth-order valence-electron chi connectivity index (χ4n) is 4.81. The normalized spacial score (nSPS) is 14.8. The summed E-state index contributed by atoms with van der Waals surface area (Å²) in [5.74, 6) is 1.16. The van der Waals surface area contributed by atoms with E-state index in [2.05, 4.69) is 4.99 Å². The van der Waals surface area contributed by atoms with Gasteiger partial charge in [0.2, 0.25) is 0 Å². The Labute approximate surface area is 243 Å². The molecule has 4 aromatic rings. The van der Waals surface area contributed by atoms with Crippen molar-refractivity contribution in [1.29, 1.82) is 0 Å². The third-order valence-corrected chi connectivity index (χ3v) is 7.82. The number of aromatic nitrogens is 1. The molecule has 2 aromatic heterocycles. The third kappa shape index (κ3) is 5.12. The molecule has 1 aliphatic rings. The fourth-order valence-corrected chi connectivity index (χ4v) is 5.84. The lowest BCUT2D eigenvalue weighted by Crippen LogP contribution is -2.40. The highest BCUT2D eigenvalue weighted by molar-refractivity contribution is 7.07. The van der Waals surface area contributed by atoms with Gasteiger partial charge in [-0.1, -0.05) is 23.5 Å². The van der Waals surface area contributed by atoms with Gasteiger partial charge in [-0.25, -0.2) is 9.79 Å². The Hall–Kier alpha value is -4.97. The molecule has 1 atom stereocenters. The van der Waals surface area contributed by atoms with Crippen LogP contribution < -0.4 is 24.4 Å². The van der Waals surface area contributed by atoms with Crippen molar-refractivity contribution < 1.29 is 28.3 Å². The van der Waals surface area contributed by atoms with Crippen molar-refractivity contribution in [2.75, 3.05) is 20.8 Å². The van der Waals surface area contributed by atoms with Gasteiger partial charge < -0.3 is 18.6 Å². The van der Waals surface area contributed by atoms with E-state index in [9.17, 15) is 19.7 Å². The standard InChI is InChI=1S/C30H27N3O8S/c1-6-40-29(35)26-17(3)31-30-32(27(26)21-14-19(38-4)9-12-24(21)39-5)28(34)25(42-30)15-20-10-11-23(41-20)18-8-7-16(2)22(13-18)33(36)37/h7-15,27H,6H2,1-5H3/b25-15-. The Morgan fingerprint density at radius 2 is 1.93 bits per heavy atom. The van der Waals surface area contributed by atoms with Gasteiger partial charge in [0.05, 0.1) is 41.6 Å². The van der Waals surface area contributed by atoms with Crippen LogP contribution in [0.4, 0.5) is 5.69 Å². The highest BCUT2D eigenvalue weighted by Crippen LogP contribution is 2.38. The zero-order valence-electron chi connectivity index (χ0n) is 23.5. The number of ether oxygens (including phenoxy) is 3. The third-order valence-electron chi connectivity index (χ3n) is 6.84. The van der Waals surface area contributed by atoms with Crippen LogP contribution in [-0.4, -0.2) is 36.3 Å². The summed E-state index contributed by atoms with van der Waals surface area (Å²) in [6.07, 6.45) is 1.58. The van der Waals surface area contributed by atoms with Gasteiger partial charge in [-0.05, 0) is 51.1 Å². The molecule has 0 saturated heterocycles. The lowest BCUT2D eigenvalue weighted by atomic mass is 9.95. The Morgan fingerprint density at radius 3 is 2.62 bits per heavy atom. The molecular weight excluding hydrogens is 562 g/mol. The quantitative estimate of drug-likeness (QED) is 0.169. The van der Waals surface area contributed by atoms with Crippen LogP contribution in [0.2, 0.25) is 0 Å². The summed E-state index contributed by atoms with van der Waals surface area (Å²) in [6.45, 7) is 5.21. The molecule has 0 bridgehead atoms. The van der Waals surface area contributed by atoms with Crippen LogP contribution in [0, 0.1) is 17.0 Å². The average Bonchev–Trinajstić information content (AvgIpc) is 3.56. The fraction of sp³-hybridized carbons (Fsp3) is 0.233. The zero-order valence-corrected chi connectivity index (χ0v) is 24.3. The van der Waals surface area contributed by atoms with Crippen LogP contribution in [0.5, 0.6) is 11.5 Å². The number of carbonyl (C=O) groups excluding carboxylic acids is 1. The van der Waals surface area contributed by atoms with E-state index in [0.717, 1.165) is 11.3 Å². The molecule has 0 amide bonds. The van der Waals surface area contributed by atoms with Crippen molar-refractivity contribution in [3.05, 3.63) is 106 Å². The van der Waals surface area contributed by atoms with Crippen molar-refractivity contribution in [3.8, 4) is 22.8 Å². The second-order valence-corrected chi connectivity index (χ2v) is 10.4. The summed E-state index contributed by atoms with van der Waals surface area (Å²) in [5.41, 5.74) is 1.82. The molecule has 0 N–H and O–H groups in total. The molecule has 0 saturated carbocycles. The van der Waals surface area contributed by atoms with Crippen molar-refractivity contribution in [3.63, 3.8) is 0 Å². The summed E-state index contributed by atoms with van der Waals surface area (Å²) < 4.78 is 24.1. The van der Waals surface area contributed by atoms with Gasteiger partial charge in [-0.2, -0.15) is 0 Å². The van der Waals surface area contributed by atoms with Gasteiger partial charge in [0, 0.05) is 28.8 Å². The first-order valence-corrected chi connectivity index (χ1v) is 13.7. The monoisotopic (exact) mass is 589 g/mol. The van der Waals surface area contributed by atoms with Gasteiger partial charge in [0.25, 0.3) is 11.2 Å². The van der Waals surface area contributed by atoms with Crippen molar-refractivity contribution in [2.45, 2.75) is 26.8 Å². The Morgan fingerprint density at radius 1 is 1.14 bits per heavy atom. The van der Waals surface area contributed by atoms with Crippen LogP contribution in [0.1, 0.15) is 36.8 Å². The minimum absolute atomic E-state index is 0.0143. The number of nitro benzene ring substituents is 1. The number of nitrogens with zero attached hydrogens (tertiary/aromatic N) is 3. The number of furan rings is 1. The number of benzene rings is 2. The molecular formula is C30H27N3O8S. The number of esters is 1. The molecule has 0 radical (unpaired) electrons. The van der Waals surface area contributed by atoms with Crippen LogP contribution in [-0.2, 0) is 9.53 Å². The predicted molar refractivity (Wildman–Crippen MR) is 155 cm³/mol. The highest BCUT2D eigenvalue weighted by Gasteiger charge is 2.35. The molecule has 0 spiro atoms. The molecule has 42 heavy (non-hydrogen) atoms. The minimum atomic E-state index is -0.896. The number of aryl methyl sites for hydroxylation is 1. The smallest absolute Gasteiger partial charge is 0.338 e. The molecule has 2 aromatic carbocycles. The first-order chi connectivity index (χ1) is 20.2. The van der Waals surface area contributed by atoms with E-state index in [4.69, 9.17) is 18.6 Å². The van der Waals surface area contributed by atoms with E-state index in [1.54, 1.807) is 69.3 Å². The number of hydrogen-bond acceptors (Lipinski definition) is 10. The van der Waals surface area contributed by atoms with E-state index in [1.807, 2.05) is 0 Å². The van der Waals surface area contributed by atoms with E-state index >= 15 is 0 Å². The number of carbonyl (C=O) groups is 1. The maximum absolute atomic E-state index is 13.9. The summed E-state index contributed by atoms with van der Waals surface area (Å²) in [7, 11) is 3.03. The lowest BCUT2D eigenvalue weighted by Gasteiger charge is -2.26. The molecule has 3 heterocycles. The van der Waals surface area contributed by atoms with E-state index in [0.29, 0.717) is 54.7 Å². The number of thiazole rings is 1. The Kier molecular flexibility index (Phi) is 7.81. The van der Waals surface area contributed by atoms with Crippen molar-refractivity contribution in [1.82, 2.24) is 4.57 Å². The first kappa shape index (κ1) is 28.6. The molecule has 11 nitrogen and oxygen atoms in total. The molecule has 12 heteroatoms. The Balaban J connectivity index is 1.66. The van der Waals surface area contributed by atoms with Gasteiger partial charge in [-0.3, -0.25) is 19.5 Å². The largest absolute Gasteiger partial charge is 0.497 e. The van der Waals surface area contributed by atoms with Crippen molar-refractivity contribution >= 4 is 29.1 Å². The molecule has 1 unspecified atom stereocenters. The van der Waals surface area contributed by atoms with Gasteiger partial charge in [-0.15, -0.1) is 0 Å². The summed E-state index contributed by atoms with van der Waals surface area (Å²) in [4.78, 5) is 43.1. The minimum Gasteiger partial charge on any atom is -0.497 e. The number of hydrogen-bond donors (Lipinski definition) is 0. The second kappa shape index (κ2) is 11.5. The number of rotatable bonds is 8. The molecule has 0 fully saturated rings. The molecule has 5 rings (SSSR count). The van der Waals surface area contributed by atoms with Crippen molar-refractivity contribution in [2.24, 2.45) is 4.99 Å². The lowest BCUT2D eigenvalue weighted by molar-refractivity contribution is -0.385. The van der Waals surface area contributed by atoms with E-state index in [1.165, 1.54) is 24.9 Å². The second-order valence-electron chi connectivity index (χ2n) is 9.37. The maximum Gasteiger partial charge on any atom is 0.338 e. The topological polar surface area (TPSA) is 135 Å². The van der Waals surface area contributed by atoms with Gasteiger partial charge in [0.1, 0.15) is 29.1 Å². The molecule has 216 valence electrons. The van der Waals surface area contributed by atoms with E-state index in [-0.39, 0.29) is 17.9 Å². The maximum atomic E-state index is 13.9. The average molecular weight is 590 g/mol. The van der Waals surface area contributed by atoms with E-state index < -0.39 is 22.5 Å². The van der Waals surface area contributed by atoms with Crippen LogP contribution in [0.3, 0.4) is 0 Å². The summed E-state index contributed by atoms with van der Waals surface area (Å²) in [6, 6.07) is 12.5. The Bertz CT molecular complexity index is 1930. The van der Waals surface area contributed by atoms with Crippen LogP contribution in [0.15, 0.2) is 74.0 Å². The summed E-state index contributed by atoms with van der Waals surface area (Å²) >= 11 is 1.14. The summed E-state index contributed by atoms with van der Waals surface area (Å²) in [5, 5.41) is 11.4. The predicted octanol–water partition coefficient (Wildman–Crippen LogP) is 4.29. The number of nitro groups is 1. The molecule has 0 aliphatic carbocycles. The number of methoxy groups -OCH3 is 2. The SMILES string of the molecule is CCOC(=O)C1=C(C)N=c2s/c(=C\c3ccc(-c4ccc(C)c([N+](=O)[O-])c4)o3)c(=O)n2C1c1cc(OC)ccc1OC. The van der Waals surface area contributed by atoms with Crippen LogP contribution >= 0.6 is 11.3 Å². The van der Waals surface area contributed by atoms with Gasteiger partial charge in [0.15, 0.2) is 4.80 Å². The van der Waals surface area contributed by atoms with Crippen LogP contribution in [0.25, 0.3) is 17.4 Å².